The Morgan fingerprint density at radius 1 is 1.52 bits per heavy atom. The zero-order chi connectivity index (χ0) is 17.8. The highest BCUT2D eigenvalue weighted by molar-refractivity contribution is 6.32. The second-order valence-corrected chi connectivity index (χ2v) is 6.14. The third-order valence-electron chi connectivity index (χ3n) is 3.92. The van der Waals surface area contributed by atoms with Gasteiger partial charge in [0.05, 0.1) is 11.1 Å². The topological polar surface area (TPSA) is 55.6 Å². The number of hydrogen-bond donors (Lipinski definition) is 0. The largest absolute Gasteiger partial charge is 0.482 e. The Kier molecular flexibility index (Phi) is 5.38. The summed E-state index contributed by atoms with van der Waals surface area (Å²) in [4.78, 5) is 18.5. The van der Waals surface area contributed by atoms with Crippen LogP contribution in [0.2, 0.25) is 5.02 Å². The van der Waals surface area contributed by atoms with Crippen molar-refractivity contribution in [2.45, 2.75) is 32.4 Å². The van der Waals surface area contributed by atoms with Crippen molar-refractivity contribution in [2.24, 2.45) is 0 Å². The Hall–Kier alpha value is -2.34. The minimum Gasteiger partial charge on any atom is -0.482 e. The second kappa shape index (κ2) is 7.70. The van der Waals surface area contributed by atoms with E-state index in [1.54, 1.807) is 4.90 Å². The molecule has 132 valence electrons. The van der Waals surface area contributed by atoms with Crippen LogP contribution in [-0.4, -0.2) is 28.4 Å². The quantitative estimate of drug-likeness (QED) is 0.720. The number of aromatic nitrogens is 1. The number of benzene rings is 1. The molecule has 3 rings (SSSR count). The minimum atomic E-state index is -0.442. The van der Waals surface area contributed by atoms with Gasteiger partial charge in [0.1, 0.15) is 17.8 Å². The maximum absolute atomic E-state index is 13.0. The molecule has 0 unspecified atom stereocenters. The summed E-state index contributed by atoms with van der Waals surface area (Å²) >= 11 is 5.90. The standard InChI is InChI=1S/C18H18ClFN2O3/c1-2-4-13-5-3-8-22(13)18(23)15-10-25-17(21-15)11-24-16-7-6-12(20)9-14(16)19/h3,5-7,9-10,13H,2,4,8,11H2,1H3/t13-/m1/s1. The maximum Gasteiger partial charge on any atom is 0.276 e. The first-order chi connectivity index (χ1) is 12.1. The van der Waals surface area contributed by atoms with Crippen molar-refractivity contribution in [1.82, 2.24) is 9.88 Å². The van der Waals surface area contributed by atoms with Crippen molar-refractivity contribution in [3.63, 3.8) is 0 Å². The van der Waals surface area contributed by atoms with Gasteiger partial charge in [-0.3, -0.25) is 4.79 Å². The lowest BCUT2D eigenvalue weighted by atomic mass is 10.1. The molecule has 0 radical (unpaired) electrons. The molecule has 7 heteroatoms. The molecule has 0 saturated heterocycles. The fourth-order valence-corrected chi connectivity index (χ4v) is 2.93. The minimum absolute atomic E-state index is 0.00469. The summed E-state index contributed by atoms with van der Waals surface area (Å²) in [6, 6.07) is 3.94. The molecule has 5 nitrogen and oxygen atoms in total. The Morgan fingerprint density at radius 2 is 2.36 bits per heavy atom. The smallest absolute Gasteiger partial charge is 0.276 e. The zero-order valence-corrected chi connectivity index (χ0v) is 14.5. The third kappa shape index (κ3) is 4.02. The first-order valence-electron chi connectivity index (χ1n) is 8.08. The van der Waals surface area contributed by atoms with Crippen LogP contribution in [-0.2, 0) is 6.61 Å². The van der Waals surface area contributed by atoms with Crippen molar-refractivity contribution in [1.29, 1.82) is 0 Å². The highest BCUT2D eigenvalue weighted by Gasteiger charge is 2.27. The van der Waals surface area contributed by atoms with Gasteiger partial charge in [0.25, 0.3) is 5.91 Å². The molecule has 25 heavy (non-hydrogen) atoms. The molecule has 1 aromatic heterocycles. The van der Waals surface area contributed by atoms with E-state index in [-0.39, 0.29) is 35.2 Å². The number of hydrogen-bond acceptors (Lipinski definition) is 4. The lowest BCUT2D eigenvalue weighted by Gasteiger charge is -2.23. The number of nitrogens with zero attached hydrogens (tertiary/aromatic N) is 2. The van der Waals surface area contributed by atoms with E-state index in [0.29, 0.717) is 12.3 Å². The fourth-order valence-electron chi connectivity index (χ4n) is 2.71. The number of carbonyl (C=O) groups is 1. The molecule has 0 bridgehead atoms. The Morgan fingerprint density at radius 3 is 3.12 bits per heavy atom. The van der Waals surface area contributed by atoms with Gasteiger partial charge in [0, 0.05) is 6.54 Å². The van der Waals surface area contributed by atoms with E-state index in [2.05, 4.69) is 11.9 Å². The number of rotatable bonds is 6. The van der Waals surface area contributed by atoms with Gasteiger partial charge in [-0.25, -0.2) is 9.37 Å². The first kappa shape index (κ1) is 17.5. The molecule has 1 aromatic carbocycles. The molecule has 1 aliphatic heterocycles. The van der Waals surface area contributed by atoms with Gasteiger partial charge in [-0.15, -0.1) is 0 Å². The van der Waals surface area contributed by atoms with Gasteiger partial charge in [0.2, 0.25) is 5.89 Å². The number of halogens is 2. The van der Waals surface area contributed by atoms with Gasteiger partial charge >= 0.3 is 0 Å². The average molecular weight is 365 g/mol. The molecule has 0 N–H and O–H groups in total. The average Bonchev–Trinajstić information content (AvgIpc) is 3.23. The summed E-state index contributed by atoms with van der Waals surface area (Å²) in [7, 11) is 0. The van der Waals surface area contributed by atoms with Crippen LogP contribution >= 0.6 is 11.6 Å². The molecule has 0 aliphatic carbocycles. The van der Waals surface area contributed by atoms with Crippen molar-refractivity contribution in [2.75, 3.05) is 6.54 Å². The van der Waals surface area contributed by atoms with Crippen molar-refractivity contribution in [3.05, 3.63) is 59.0 Å². The maximum atomic E-state index is 13.0. The van der Waals surface area contributed by atoms with Gasteiger partial charge in [-0.1, -0.05) is 37.1 Å². The molecule has 2 aromatic rings. The molecule has 2 heterocycles. The van der Waals surface area contributed by atoms with Crippen LogP contribution in [0.15, 0.2) is 41.0 Å². The SMILES string of the molecule is CCC[C@@H]1C=CCN1C(=O)c1coc(COc2ccc(F)cc2Cl)n1. The van der Waals surface area contributed by atoms with E-state index < -0.39 is 5.82 Å². The van der Waals surface area contributed by atoms with Crippen LogP contribution in [0.5, 0.6) is 5.75 Å². The van der Waals surface area contributed by atoms with E-state index in [4.69, 9.17) is 20.8 Å². The van der Waals surface area contributed by atoms with Crippen LogP contribution < -0.4 is 4.74 Å². The summed E-state index contributed by atoms with van der Waals surface area (Å²) in [5, 5.41) is 0.161. The molecular weight excluding hydrogens is 347 g/mol. The Balaban J connectivity index is 1.63. The van der Waals surface area contributed by atoms with Gasteiger partial charge < -0.3 is 14.1 Å². The van der Waals surface area contributed by atoms with Gasteiger partial charge in [-0.2, -0.15) is 0 Å². The van der Waals surface area contributed by atoms with Crippen LogP contribution in [0.4, 0.5) is 4.39 Å². The Bertz CT molecular complexity index is 790. The van der Waals surface area contributed by atoms with E-state index in [0.717, 1.165) is 18.9 Å². The molecule has 0 spiro atoms. The van der Waals surface area contributed by atoms with E-state index in [1.807, 2.05) is 12.2 Å². The molecule has 1 atom stereocenters. The third-order valence-corrected chi connectivity index (χ3v) is 4.22. The highest BCUT2D eigenvalue weighted by Crippen LogP contribution is 2.26. The predicted octanol–water partition coefficient (Wildman–Crippen LogP) is 4.23. The van der Waals surface area contributed by atoms with Crippen LogP contribution in [0.3, 0.4) is 0 Å². The monoisotopic (exact) mass is 364 g/mol. The second-order valence-electron chi connectivity index (χ2n) is 5.73. The molecular formula is C18H18ClFN2O3. The summed E-state index contributed by atoms with van der Waals surface area (Å²) in [5.74, 6) is -0.0377. The lowest BCUT2D eigenvalue weighted by molar-refractivity contribution is 0.0738. The van der Waals surface area contributed by atoms with Crippen molar-refractivity contribution < 1.29 is 18.3 Å². The number of amides is 1. The van der Waals surface area contributed by atoms with Crippen molar-refractivity contribution in [3.8, 4) is 5.75 Å². The molecule has 1 amide bonds. The molecule has 0 fully saturated rings. The summed E-state index contributed by atoms with van der Waals surface area (Å²) < 4.78 is 23.8. The summed E-state index contributed by atoms with van der Waals surface area (Å²) in [6.45, 7) is 2.66. The lowest BCUT2D eigenvalue weighted by Crippen LogP contribution is -2.36. The van der Waals surface area contributed by atoms with Crippen LogP contribution in [0.25, 0.3) is 0 Å². The first-order valence-corrected chi connectivity index (χ1v) is 8.46. The number of oxazole rings is 1. The molecule has 0 saturated carbocycles. The van der Waals surface area contributed by atoms with E-state index >= 15 is 0 Å². The van der Waals surface area contributed by atoms with Crippen molar-refractivity contribution >= 4 is 17.5 Å². The van der Waals surface area contributed by atoms with E-state index in [1.165, 1.54) is 18.4 Å². The summed E-state index contributed by atoms with van der Waals surface area (Å²) in [5.41, 5.74) is 0.244. The number of ether oxygens (including phenoxy) is 1. The van der Waals surface area contributed by atoms with Gasteiger partial charge in [0.15, 0.2) is 12.3 Å². The normalized spacial score (nSPS) is 16.4. The van der Waals surface area contributed by atoms with E-state index in [9.17, 15) is 9.18 Å². The predicted molar refractivity (Wildman–Crippen MR) is 91.1 cm³/mol. The number of carbonyl (C=O) groups excluding carboxylic acids is 1. The molecule has 1 aliphatic rings. The highest BCUT2D eigenvalue weighted by atomic mass is 35.5. The van der Waals surface area contributed by atoms with Crippen LogP contribution in [0.1, 0.15) is 36.1 Å². The Labute approximate surface area is 150 Å². The van der Waals surface area contributed by atoms with Crippen LogP contribution in [0, 0.1) is 5.82 Å². The fraction of sp³-hybridized carbons (Fsp3) is 0.333. The van der Waals surface area contributed by atoms with Gasteiger partial charge in [-0.05, 0) is 24.6 Å². The zero-order valence-electron chi connectivity index (χ0n) is 13.7. The summed E-state index contributed by atoms with van der Waals surface area (Å²) in [6.07, 6.45) is 7.27.